The third-order valence-corrected chi connectivity index (χ3v) is 6.55. The zero-order valence-corrected chi connectivity index (χ0v) is 23.0. The Balaban J connectivity index is 1.54. The summed E-state index contributed by atoms with van der Waals surface area (Å²) in [5, 5.41) is 9.37. The number of hydrogen-bond acceptors (Lipinski definition) is 6. The molecule has 4 aromatic carbocycles. The number of aliphatic carboxylic acids is 1. The highest BCUT2D eigenvalue weighted by atomic mass is 16.5. The summed E-state index contributed by atoms with van der Waals surface area (Å²) < 4.78 is 17.8. The molecule has 0 saturated heterocycles. The molecule has 208 valence electrons. The minimum absolute atomic E-state index is 0.306. The minimum Gasteiger partial charge on any atom is -0.497 e. The summed E-state index contributed by atoms with van der Waals surface area (Å²) in [6, 6.07) is 30.5. The van der Waals surface area contributed by atoms with E-state index >= 15 is 0 Å². The first-order valence-corrected chi connectivity index (χ1v) is 13.3. The Morgan fingerprint density at radius 1 is 0.850 bits per heavy atom. The molecular formula is C33H36N2O5. The van der Waals surface area contributed by atoms with Crippen molar-refractivity contribution in [3.05, 3.63) is 119 Å². The first kappa shape index (κ1) is 28.7. The lowest BCUT2D eigenvalue weighted by atomic mass is 10.1. The molecule has 40 heavy (non-hydrogen) atoms. The molecule has 1 atom stereocenters. The van der Waals surface area contributed by atoms with Crippen LogP contribution in [0.1, 0.15) is 28.7 Å². The maximum Gasteiger partial charge on any atom is 0.320 e. The molecule has 3 N–H and O–H groups in total. The van der Waals surface area contributed by atoms with Gasteiger partial charge in [0.2, 0.25) is 0 Å². The van der Waals surface area contributed by atoms with E-state index in [1.165, 1.54) is 5.56 Å². The summed E-state index contributed by atoms with van der Waals surface area (Å²) >= 11 is 0. The lowest BCUT2D eigenvalue weighted by molar-refractivity contribution is -0.138. The summed E-state index contributed by atoms with van der Waals surface area (Å²) in [7, 11) is 1.62. The standard InChI is InChI=1S/C33H36N2O5/c1-24-9-7-10-25(19-24)23-39-31-15-5-3-11-26(31)21-35(18-17-30(34)33(36)37)22-27-12-4-6-16-32(27)40-29-14-8-13-28(20-29)38-2/h3-16,19-20,30H,17-18,21-23,34H2,1-2H3,(H,36,37)/t30-/m0/s1. The molecule has 0 aliphatic heterocycles. The van der Waals surface area contributed by atoms with Crippen LogP contribution >= 0.6 is 0 Å². The van der Waals surface area contributed by atoms with E-state index in [2.05, 4.69) is 30.0 Å². The third-order valence-electron chi connectivity index (χ3n) is 6.55. The molecular weight excluding hydrogens is 504 g/mol. The zero-order chi connectivity index (χ0) is 28.3. The molecule has 0 amide bonds. The van der Waals surface area contributed by atoms with Crippen molar-refractivity contribution in [2.75, 3.05) is 13.7 Å². The maximum atomic E-state index is 11.4. The third kappa shape index (κ3) is 8.33. The SMILES string of the molecule is COc1cccc(Oc2ccccc2CN(CC[C@H](N)C(=O)O)Cc2ccccc2OCc2cccc(C)c2)c1. The minimum atomic E-state index is -1.01. The van der Waals surface area contributed by atoms with Crippen LogP contribution in [0.2, 0.25) is 0 Å². The molecule has 0 fully saturated rings. The highest BCUT2D eigenvalue weighted by Crippen LogP contribution is 2.30. The van der Waals surface area contributed by atoms with Crippen molar-refractivity contribution in [2.45, 2.75) is 39.1 Å². The first-order valence-electron chi connectivity index (χ1n) is 13.3. The van der Waals surface area contributed by atoms with Gasteiger partial charge in [0.05, 0.1) is 7.11 Å². The van der Waals surface area contributed by atoms with E-state index in [0.717, 1.165) is 22.4 Å². The predicted octanol–water partition coefficient (Wildman–Crippen LogP) is 6.18. The molecule has 0 spiro atoms. The number of para-hydroxylation sites is 2. The second kappa shape index (κ2) is 14.2. The van der Waals surface area contributed by atoms with Gasteiger partial charge in [0.25, 0.3) is 0 Å². The number of carboxylic acids is 1. The highest BCUT2D eigenvalue weighted by Gasteiger charge is 2.18. The van der Waals surface area contributed by atoms with Crippen LogP contribution in [0.15, 0.2) is 97.1 Å². The summed E-state index contributed by atoms with van der Waals surface area (Å²) in [5.74, 6) is 1.87. The fourth-order valence-electron chi connectivity index (χ4n) is 4.40. The number of carboxylic acid groups (broad SMARTS) is 1. The number of benzene rings is 4. The van der Waals surface area contributed by atoms with Crippen molar-refractivity contribution >= 4 is 5.97 Å². The summed E-state index contributed by atoms with van der Waals surface area (Å²) in [5.41, 5.74) is 10.1. The van der Waals surface area contributed by atoms with Gasteiger partial charge in [-0.05, 0) is 43.2 Å². The average molecular weight is 541 g/mol. The molecule has 0 radical (unpaired) electrons. The van der Waals surface area contributed by atoms with Gasteiger partial charge in [-0.3, -0.25) is 9.69 Å². The van der Waals surface area contributed by atoms with Gasteiger partial charge in [-0.1, -0.05) is 72.3 Å². The largest absolute Gasteiger partial charge is 0.497 e. The Morgan fingerprint density at radius 2 is 1.50 bits per heavy atom. The Morgan fingerprint density at radius 3 is 2.20 bits per heavy atom. The van der Waals surface area contributed by atoms with Crippen molar-refractivity contribution in [1.29, 1.82) is 0 Å². The van der Waals surface area contributed by atoms with E-state index in [9.17, 15) is 9.90 Å². The molecule has 0 saturated carbocycles. The van der Waals surface area contributed by atoms with E-state index in [0.29, 0.717) is 49.9 Å². The van der Waals surface area contributed by atoms with Gasteiger partial charge in [0, 0.05) is 36.8 Å². The van der Waals surface area contributed by atoms with Crippen LogP contribution in [-0.4, -0.2) is 35.7 Å². The fraction of sp³-hybridized carbons (Fsp3) is 0.242. The fourth-order valence-corrected chi connectivity index (χ4v) is 4.40. The molecule has 0 bridgehead atoms. The Bertz CT molecular complexity index is 1410. The van der Waals surface area contributed by atoms with E-state index in [1.54, 1.807) is 7.11 Å². The van der Waals surface area contributed by atoms with Gasteiger partial charge in [0.15, 0.2) is 0 Å². The van der Waals surface area contributed by atoms with Gasteiger partial charge in [-0.25, -0.2) is 0 Å². The maximum absolute atomic E-state index is 11.4. The van der Waals surface area contributed by atoms with Crippen LogP contribution in [0.25, 0.3) is 0 Å². The highest BCUT2D eigenvalue weighted by molar-refractivity contribution is 5.73. The van der Waals surface area contributed by atoms with Gasteiger partial charge in [-0.15, -0.1) is 0 Å². The molecule has 0 aliphatic rings. The molecule has 7 heteroatoms. The normalized spacial score (nSPS) is 11.7. The smallest absolute Gasteiger partial charge is 0.320 e. The molecule has 7 nitrogen and oxygen atoms in total. The van der Waals surface area contributed by atoms with E-state index in [4.69, 9.17) is 19.9 Å². The van der Waals surface area contributed by atoms with Gasteiger partial charge < -0.3 is 25.1 Å². The monoisotopic (exact) mass is 540 g/mol. The molecule has 0 unspecified atom stereocenters. The molecule has 4 aromatic rings. The number of methoxy groups -OCH3 is 1. The van der Waals surface area contributed by atoms with Gasteiger partial charge >= 0.3 is 5.97 Å². The lowest BCUT2D eigenvalue weighted by Crippen LogP contribution is -2.35. The van der Waals surface area contributed by atoms with Crippen molar-refractivity contribution in [3.8, 4) is 23.0 Å². The number of nitrogens with two attached hydrogens (primary N) is 1. The Kier molecular flexibility index (Phi) is 10.2. The Hall–Kier alpha value is -4.33. The van der Waals surface area contributed by atoms with E-state index in [1.807, 2.05) is 78.9 Å². The second-order valence-corrected chi connectivity index (χ2v) is 9.72. The first-order chi connectivity index (χ1) is 19.4. The molecule has 4 rings (SSSR count). The van der Waals surface area contributed by atoms with Crippen LogP contribution in [0, 0.1) is 6.92 Å². The lowest BCUT2D eigenvalue weighted by Gasteiger charge is -2.25. The van der Waals surface area contributed by atoms with Gasteiger partial charge in [-0.2, -0.15) is 0 Å². The van der Waals surface area contributed by atoms with Crippen molar-refractivity contribution < 1.29 is 24.1 Å². The summed E-state index contributed by atoms with van der Waals surface area (Å²) in [4.78, 5) is 13.6. The number of hydrogen-bond donors (Lipinski definition) is 2. The molecule has 0 aromatic heterocycles. The van der Waals surface area contributed by atoms with Crippen LogP contribution in [0.5, 0.6) is 23.0 Å². The number of aryl methyl sites for hydroxylation is 1. The molecule has 0 aliphatic carbocycles. The number of carbonyl (C=O) groups is 1. The van der Waals surface area contributed by atoms with E-state index in [-0.39, 0.29) is 0 Å². The molecule has 0 heterocycles. The van der Waals surface area contributed by atoms with Crippen LogP contribution in [-0.2, 0) is 24.5 Å². The second-order valence-electron chi connectivity index (χ2n) is 9.72. The van der Waals surface area contributed by atoms with Crippen molar-refractivity contribution in [1.82, 2.24) is 4.90 Å². The predicted molar refractivity (Wildman–Crippen MR) is 156 cm³/mol. The Labute approximate surface area is 235 Å². The average Bonchev–Trinajstić information content (AvgIpc) is 2.96. The summed E-state index contributed by atoms with van der Waals surface area (Å²) in [6.45, 7) is 4.07. The van der Waals surface area contributed by atoms with Crippen molar-refractivity contribution in [3.63, 3.8) is 0 Å². The van der Waals surface area contributed by atoms with E-state index < -0.39 is 12.0 Å². The van der Waals surface area contributed by atoms with Crippen molar-refractivity contribution in [2.24, 2.45) is 5.73 Å². The quantitative estimate of drug-likeness (QED) is 0.197. The van der Waals surface area contributed by atoms with Crippen LogP contribution < -0.4 is 19.9 Å². The van der Waals surface area contributed by atoms with Crippen LogP contribution in [0.3, 0.4) is 0 Å². The zero-order valence-electron chi connectivity index (χ0n) is 23.0. The number of nitrogens with zero attached hydrogens (tertiary/aromatic N) is 1. The number of rotatable bonds is 14. The van der Waals surface area contributed by atoms with Crippen LogP contribution in [0.4, 0.5) is 0 Å². The van der Waals surface area contributed by atoms with Gasteiger partial charge in [0.1, 0.15) is 35.6 Å². The topological polar surface area (TPSA) is 94.2 Å². The number of ether oxygens (including phenoxy) is 3. The summed E-state index contributed by atoms with van der Waals surface area (Å²) in [6.07, 6.45) is 0.306.